The van der Waals surface area contributed by atoms with Gasteiger partial charge >= 0.3 is 0 Å². The van der Waals surface area contributed by atoms with Crippen molar-refractivity contribution in [3.63, 3.8) is 0 Å². The average Bonchev–Trinajstić information content (AvgIpc) is 2.83. The van der Waals surface area contributed by atoms with Crippen LogP contribution in [0.15, 0.2) is 47.4 Å². The first-order valence-corrected chi connectivity index (χ1v) is 12.0. The SMILES string of the molecule is COc1cc(SC)ccc1C(=O)N[C@H]1CCN2C(=O)[C@H](Cc3ccc(F)cc3)NC(=O)[C@@H]2C1. The Morgan fingerprint density at radius 2 is 2.00 bits per heavy atom. The molecule has 2 aliphatic rings. The van der Waals surface area contributed by atoms with Gasteiger partial charge < -0.3 is 20.3 Å². The van der Waals surface area contributed by atoms with E-state index in [1.165, 1.54) is 19.2 Å². The van der Waals surface area contributed by atoms with Gasteiger partial charge in [0.15, 0.2) is 0 Å². The molecule has 3 atom stereocenters. The second-order valence-corrected chi connectivity index (χ2v) is 9.08. The van der Waals surface area contributed by atoms with Crippen LogP contribution in [0.3, 0.4) is 0 Å². The van der Waals surface area contributed by atoms with Crippen molar-refractivity contribution in [1.82, 2.24) is 15.5 Å². The van der Waals surface area contributed by atoms with Crippen molar-refractivity contribution in [2.75, 3.05) is 19.9 Å². The number of fused-ring (bicyclic) bond motifs is 1. The lowest BCUT2D eigenvalue weighted by Gasteiger charge is -2.44. The van der Waals surface area contributed by atoms with Gasteiger partial charge in [0.25, 0.3) is 5.91 Å². The number of benzene rings is 2. The molecule has 0 radical (unpaired) electrons. The Balaban J connectivity index is 1.40. The summed E-state index contributed by atoms with van der Waals surface area (Å²) in [6.45, 7) is 0.379. The maximum absolute atomic E-state index is 13.2. The minimum atomic E-state index is -0.676. The van der Waals surface area contributed by atoms with E-state index in [1.54, 1.807) is 34.9 Å². The lowest BCUT2D eigenvalue weighted by Crippen LogP contribution is -2.67. The first kappa shape index (κ1) is 23.1. The largest absolute Gasteiger partial charge is 0.496 e. The van der Waals surface area contributed by atoms with Gasteiger partial charge in [0, 0.05) is 23.9 Å². The van der Waals surface area contributed by atoms with Crippen LogP contribution in [0, 0.1) is 5.82 Å². The average molecular weight is 472 g/mol. The minimum Gasteiger partial charge on any atom is -0.496 e. The third-order valence-corrected chi connectivity index (χ3v) is 6.87. The molecule has 2 fully saturated rings. The van der Waals surface area contributed by atoms with Gasteiger partial charge in [-0.05, 0) is 55.0 Å². The highest BCUT2D eigenvalue weighted by Gasteiger charge is 2.44. The number of halogens is 1. The van der Waals surface area contributed by atoms with Crippen LogP contribution in [-0.2, 0) is 16.0 Å². The van der Waals surface area contributed by atoms with Crippen LogP contribution in [0.2, 0.25) is 0 Å². The van der Waals surface area contributed by atoms with Crippen LogP contribution >= 0.6 is 11.8 Å². The highest BCUT2D eigenvalue weighted by Crippen LogP contribution is 2.27. The van der Waals surface area contributed by atoms with Crippen molar-refractivity contribution < 1.29 is 23.5 Å². The molecule has 3 amide bonds. The van der Waals surface area contributed by atoms with E-state index in [0.717, 1.165) is 10.5 Å². The zero-order chi connectivity index (χ0) is 23.5. The summed E-state index contributed by atoms with van der Waals surface area (Å²) >= 11 is 1.56. The van der Waals surface area contributed by atoms with E-state index < -0.39 is 12.1 Å². The third-order valence-electron chi connectivity index (χ3n) is 6.14. The molecule has 2 heterocycles. The predicted molar refractivity (Wildman–Crippen MR) is 123 cm³/mol. The van der Waals surface area contributed by atoms with Gasteiger partial charge in [-0.2, -0.15) is 0 Å². The van der Waals surface area contributed by atoms with E-state index in [9.17, 15) is 18.8 Å². The molecule has 2 aromatic carbocycles. The standard InChI is InChI=1S/C24H26FN3O4S/c1-32-21-13-17(33-2)7-8-18(21)22(29)26-16-9-10-28-20(12-16)23(30)27-19(24(28)31)11-14-3-5-15(25)6-4-14/h3-8,13,16,19-20H,9-12H2,1-2H3,(H,26,29)(H,27,30)/t16-,19-,20-/m0/s1. The number of methoxy groups -OCH3 is 1. The highest BCUT2D eigenvalue weighted by molar-refractivity contribution is 7.98. The molecule has 2 saturated heterocycles. The van der Waals surface area contributed by atoms with Gasteiger partial charge in [0.05, 0.1) is 12.7 Å². The number of nitrogens with one attached hydrogen (secondary N) is 2. The molecule has 174 valence electrons. The number of hydrogen-bond acceptors (Lipinski definition) is 5. The molecule has 0 bridgehead atoms. The van der Waals surface area contributed by atoms with Crippen LogP contribution in [0.1, 0.15) is 28.8 Å². The maximum atomic E-state index is 13.2. The summed E-state index contributed by atoms with van der Waals surface area (Å²) in [7, 11) is 1.52. The first-order chi connectivity index (χ1) is 15.9. The fourth-order valence-corrected chi connectivity index (χ4v) is 4.81. The predicted octanol–water partition coefficient (Wildman–Crippen LogP) is 2.39. The Kier molecular flexibility index (Phi) is 6.88. The zero-order valence-electron chi connectivity index (χ0n) is 18.5. The number of rotatable bonds is 6. The summed E-state index contributed by atoms with van der Waals surface area (Å²) in [4.78, 5) is 41.3. The fraction of sp³-hybridized carbons (Fsp3) is 0.375. The molecule has 2 N–H and O–H groups in total. The number of nitrogens with zero attached hydrogens (tertiary/aromatic N) is 1. The Morgan fingerprint density at radius 3 is 2.70 bits per heavy atom. The fourth-order valence-electron chi connectivity index (χ4n) is 4.38. The summed E-state index contributed by atoms with van der Waals surface area (Å²) < 4.78 is 18.5. The van der Waals surface area contributed by atoms with Crippen molar-refractivity contribution >= 4 is 29.5 Å². The molecule has 0 spiro atoms. The molecule has 0 saturated carbocycles. The van der Waals surface area contributed by atoms with Gasteiger partial charge in [0.1, 0.15) is 23.7 Å². The molecule has 2 aromatic rings. The second kappa shape index (κ2) is 9.82. The molecule has 2 aliphatic heterocycles. The summed E-state index contributed by atoms with van der Waals surface area (Å²) in [6.07, 6.45) is 3.15. The van der Waals surface area contributed by atoms with Gasteiger partial charge in [-0.15, -0.1) is 11.8 Å². The van der Waals surface area contributed by atoms with Crippen LogP contribution in [-0.4, -0.2) is 60.7 Å². The highest BCUT2D eigenvalue weighted by atomic mass is 32.2. The zero-order valence-corrected chi connectivity index (χ0v) is 19.3. The first-order valence-electron chi connectivity index (χ1n) is 10.8. The number of piperazine rings is 1. The van der Waals surface area contributed by atoms with Crippen molar-refractivity contribution in [3.05, 3.63) is 59.4 Å². The van der Waals surface area contributed by atoms with E-state index in [-0.39, 0.29) is 29.6 Å². The Morgan fingerprint density at radius 1 is 1.24 bits per heavy atom. The number of piperidine rings is 1. The number of thioether (sulfide) groups is 1. The summed E-state index contributed by atoms with van der Waals surface area (Å²) in [5, 5.41) is 5.80. The molecular formula is C24H26FN3O4S. The number of hydrogen-bond donors (Lipinski definition) is 2. The molecule has 0 aliphatic carbocycles. The molecule has 33 heavy (non-hydrogen) atoms. The van der Waals surface area contributed by atoms with Crippen molar-refractivity contribution in [1.29, 1.82) is 0 Å². The number of ether oxygens (including phenoxy) is 1. The lowest BCUT2D eigenvalue weighted by atomic mass is 9.91. The molecule has 9 heteroatoms. The van der Waals surface area contributed by atoms with Gasteiger partial charge in [0.2, 0.25) is 11.8 Å². The third kappa shape index (κ3) is 4.98. The smallest absolute Gasteiger partial charge is 0.255 e. The van der Waals surface area contributed by atoms with Crippen molar-refractivity contribution in [2.45, 2.75) is 42.3 Å². The Labute approximate surface area is 196 Å². The van der Waals surface area contributed by atoms with Crippen LogP contribution in [0.25, 0.3) is 0 Å². The molecule has 0 aromatic heterocycles. The van der Waals surface area contributed by atoms with Gasteiger partial charge in [-0.1, -0.05) is 12.1 Å². The normalized spacial score (nSPS) is 22.4. The van der Waals surface area contributed by atoms with Gasteiger partial charge in [-0.25, -0.2) is 4.39 Å². The summed E-state index contributed by atoms with van der Waals surface area (Å²) in [6, 6.07) is 9.77. The van der Waals surface area contributed by atoms with Crippen LogP contribution < -0.4 is 15.4 Å². The molecule has 4 rings (SSSR count). The quantitative estimate of drug-likeness (QED) is 0.632. The summed E-state index contributed by atoms with van der Waals surface area (Å²) in [5.74, 6) is -0.508. The van der Waals surface area contributed by atoms with E-state index in [4.69, 9.17) is 4.74 Å². The lowest BCUT2D eigenvalue weighted by molar-refractivity contribution is -0.151. The van der Waals surface area contributed by atoms with E-state index in [2.05, 4.69) is 10.6 Å². The number of carbonyl (C=O) groups is 3. The number of amides is 3. The molecular weight excluding hydrogens is 445 g/mol. The van der Waals surface area contributed by atoms with Crippen molar-refractivity contribution in [2.24, 2.45) is 0 Å². The monoisotopic (exact) mass is 471 g/mol. The summed E-state index contributed by atoms with van der Waals surface area (Å²) in [5.41, 5.74) is 1.21. The van der Waals surface area contributed by atoms with Crippen molar-refractivity contribution in [3.8, 4) is 5.75 Å². The molecule has 0 unspecified atom stereocenters. The minimum absolute atomic E-state index is 0.150. The van der Waals surface area contributed by atoms with Gasteiger partial charge in [-0.3, -0.25) is 14.4 Å². The van der Waals surface area contributed by atoms with E-state index in [1.807, 2.05) is 18.4 Å². The topological polar surface area (TPSA) is 87.7 Å². The van der Waals surface area contributed by atoms with Crippen LogP contribution in [0.4, 0.5) is 4.39 Å². The Bertz CT molecular complexity index is 1060. The molecule has 7 nitrogen and oxygen atoms in total. The van der Waals surface area contributed by atoms with Crippen LogP contribution in [0.5, 0.6) is 5.75 Å². The van der Waals surface area contributed by atoms with E-state index in [0.29, 0.717) is 37.1 Å². The number of carbonyl (C=O) groups excluding carboxylic acids is 3. The second-order valence-electron chi connectivity index (χ2n) is 8.20. The maximum Gasteiger partial charge on any atom is 0.255 e. The Hall–Kier alpha value is -3.07. The van der Waals surface area contributed by atoms with E-state index >= 15 is 0 Å².